The molecule has 0 spiro atoms. The second-order valence-corrected chi connectivity index (χ2v) is 1.44. The summed E-state index contributed by atoms with van der Waals surface area (Å²) in [4.78, 5) is 30.2. The Morgan fingerprint density at radius 1 is 0.875 bits per heavy atom. The second-order valence-electron chi connectivity index (χ2n) is 1.44. The zero-order chi connectivity index (χ0) is 6.73. The number of hydrogen-bond acceptors (Lipinski definition) is 3. The minimum absolute atomic E-state index is 0.697. The van der Waals surface area contributed by atoms with E-state index in [9.17, 15) is 14.4 Å². The van der Waals surface area contributed by atoms with E-state index in [0.717, 1.165) is 13.8 Å². The molecule has 0 saturated heterocycles. The van der Waals surface area contributed by atoms with Crippen molar-refractivity contribution in [1.82, 2.24) is 0 Å². The van der Waals surface area contributed by atoms with Crippen LogP contribution in [0.1, 0.15) is 13.8 Å². The van der Waals surface area contributed by atoms with Gasteiger partial charge in [-0.25, -0.2) is 0 Å². The van der Waals surface area contributed by atoms with Gasteiger partial charge in [0.1, 0.15) is 0 Å². The van der Waals surface area contributed by atoms with Crippen molar-refractivity contribution < 1.29 is 14.4 Å². The quantitative estimate of drug-likeness (QED) is 0.367. The first-order valence-corrected chi connectivity index (χ1v) is 2.11. The highest BCUT2D eigenvalue weighted by Gasteiger charge is 2.11. The molecule has 0 aromatic carbocycles. The monoisotopic (exact) mass is 114 g/mol. The van der Waals surface area contributed by atoms with Crippen LogP contribution >= 0.6 is 0 Å². The van der Waals surface area contributed by atoms with E-state index in [0.29, 0.717) is 0 Å². The number of ketones is 3. The van der Waals surface area contributed by atoms with Crippen LogP contribution in [0.5, 0.6) is 0 Å². The lowest BCUT2D eigenvalue weighted by Crippen LogP contribution is -2.17. The van der Waals surface area contributed by atoms with Gasteiger partial charge in [0.05, 0.1) is 0 Å². The molecule has 3 heteroatoms. The molecule has 0 unspecified atom stereocenters. The molecule has 0 bridgehead atoms. The molecular formula is C5H6O3. The summed E-state index contributed by atoms with van der Waals surface area (Å²) in [6.07, 6.45) is 0. The average Bonchev–Trinajstić information content (AvgIpc) is 1.64. The lowest BCUT2D eigenvalue weighted by molar-refractivity contribution is -0.142. The molecule has 0 saturated carbocycles. The van der Waals surface area contributed by atoms with Gasteiger partial charge in [-0.05, 0) is 0 Å². The Hall–Kier alpha value is -0.990. The minimum atomic E-state index is -0.926. The van der Waals surface area contributed by atoms with Crippen LogP contribution in [0, 0.1) is 0 Å². The second kappa shape index (κ2) is 2.35. The summed E-state index contributed by atoms with van der Waals surface area (Å²) in [6, 6.07) is 0. The molecule has 44 valence electrons. The van der Waals surface area contributed by atoms with E-state index in [1.165, 1.54) is 0 Å². The highest BCUT2D eigenvalue weighted by Crippen LogP contribution is 1.75. The fraction of sp³-hybridized carbons (Fsp3) is 0.400. The van der Waals surface area contributed by atoms with E-state index >= 15 is 0 Å². The first-order valence-electron chi connectivity index (χ1n) is 2.11. The number of carbonyl (C=O) groups excluding carboxylic acids is 3. The minimum Gasteiger partial charge on any atom is -0.291 e. The summed E-state index contributed by atoms with van der Waals surface area (Å²) in [5.41, 5.74) is 0. The average molecular weight is 114 g/mol. The molecule has 0 aromatic rings. The van der Waals surface area contributed by atoms with Gasteiger partial charge in [0.2, 0.25) is 11.6 Å². The van der Waals surface area contributed by atoms with Crippen molar-refractivity contribution in [1.29, 1.82) is 0 Å². The smallest absolute Gasteiger partial charge is 0.263 e. The van der Waals surface area contributed by atoms with Crippen LogP contribution in [-0.4, -0.2) is 17.3 Å². The molecule has 0 N–H and O–H groups in total. The van der Waals surface area contributed by atoms with Gasteiger partial charge in [-0.1, -0.05) is 0 Å². The predicted molar refractivity (Wildman–Crippen MR) is 26.4 cm³/mol. The SMILES string of the molecule is CC(=O)C(=O)C(C)=O. The Labute approximate surface area is 46.7 Å². The molecule has 0 aliphatic rings. The Kier molecular flexibility index (Phi) is 2.06. The molecule has 8 heavy (non-hydrogen) atoms. The summed E-state index contributed by atoms with van der Waals surface area (Å²) < 4.78 is 0. The molecule has 0 radical (unpaired) electrons. The van der Waals surface area contributed by atoms with E-state index in [-0.39, 0.29) is 0 Å². The molecule has 0 amide bonds. The fourth-order valence-electron chi connectivity index (χ4n) is 0.248. The van der Waals surface area contributed by atoms with Gasteiger partial charge < -0.3 is 0 Å². The van der Waals surface area contributed by atoms with Gasteiger partial charge >= 0.3 is 0 Å². The first-order chi connectivity index (χ1) is 3.55. The van der Waals surface area contributed by atoms with Crippen LogP contribution in [0.4, 0.5) is 0 Å². The molecule has 0 atom stereocenters. The van der Waals surface area contributed by atoms with E-state index in [2.05, 4.69) is 0 Å². The van der Waals surface area contributed by atoms with Crippen LogP contribution in [0.25, 0.3) is 0 Å². The lowest BCUT2D eigenvalue weighted by Gasteiger charge is -1.81. The molecule has 0 rings (SSSR count). The maximum atomic E-state index is 10.1. The molecule has 0 aliphatic carbocycles. The van der Waals surface area contributed by atoms with E-state index in [1.54, 1.807) is 0 Å². The number of carbonyl (C=O) groups is 3. The predicted octanol–water partition coefficient (Wildman–Crippen LogP) is -0.266. The van der Waals surface area contributed by atoms with Crippen molar-refractivity contribution >= 4 is 17.3 Å². The zero-order valence-electron chi connectivity index (χ0n) is 4.72. The summed E-state index contributed by atoms with van der Waals surface area (Å²) in [6.45, 7) is 2.15. The Bertz CT molecular complexity index is 130. The highest BCUT2D eigenvalue weighted by atomic mass is 16.2. The summed E-state index contributed by atoms with van der Waals surface area (Å²) in [5.74, 6) is -2.32. The van der Waals surface area contributed by atoms with Gasteiger partial charge in [-0.3, -0.25) is 14.4 Å². The van der Waals surface area contributed by atoms with Gasteiger partial charge in [0, 0.05) is 13.8 Å². The van der Waals surface area contributed by atoms with E-state index < -0.39 is 17.3 Å². The van der Waals surface area contributed by atoms with Crippen LogP contribution in [0.2, 0.25) is 0 Å². The molecule has 3 nitrogen and oxygen atoms in total. The normalized spacial score (nSPS) is 8.25. The first kappa shape index (κ1) is 7.01. The van der Waals surface area contributed by atoms with Gasteiger partial charge in [-0.2, -0.15) is 0 Å². The molecule has 0 fully saturated rings. The van der Waals surface area contributed by atoms with E-state index in [4.69, 9.17) is 0 Å². The van der Waals surface area contributed by atoms with Gasteiger partial charge in [-0.15, -0.1) is 0 Å². The Balaban J connectivity index is 4.05. The van der Waals surface area contributed by atoms with Crippen molar-refractivity contribution in [3.05, 3.63) is 0 Å². The van der Waals surface area contributed by atoms with Crippen molar-refractivity contribution in [3.63, 3.8) is 0 Å². The van der Waals surface area contributed by atoms with Crippen LogP contribution in [-0.2, 0) is 14.4 Å². The summed E-state index contributed by atoms with van der Waals surface area (Å²) in [5, 5.41) is 0. The van der Waals surface area contributed by atoms with Crippen molar-refractivity contribution in [2.45, 2.75) is 13.8 Å². The largest absolute Gasteiger partial charge is 0.291 e. The third-order valence-electron chi connectivity index (χ3n) is 0.640. The zero-order valence-corrected chi connectivity index (χ0v) is 4.72. The van der Waals surface area contributed by atoms with Crippen LogP contribution in [0.3, 0.4) is 0 Å². The van der Waals surface area contributed by atoms with Crippen LogP contribution in [0.15, 0.2) is 0 Å². The molecule has 0 heterocycles. The molecule has 0 aromatic heterocycles. The summed E-state index contributed by atoms with van der Waals surface area (Å²) in [7, 11) is 0. The maximum absolute atomic E-state index is 10.1. The van der Waals surface area contributed by atoms with Crippen molar-refractivity contribution in [2.75, 3.05) is 0 Å². The standard InChI is InChI=1S/C5H6O3/c1-3(6)5(8)4(2)7/h1-2H3. The maximum Gasteiger partial charge on any atom is 0.263 e. The third-order valence-corrected chi connectivity index (χ3v) is 0.640. The number of hydrogen-bond donors (Lipinski definition) is 0. The topological polar surface area (TPSA) is 51.2 Å². The van der Waals surface area contributed by atoms with Crippen LogP contribution < -0.4 is 0 Å². The lowest BCUT2D eigenvalue weighted by atomic mass is 10.2. The summed E-state index contributed by atoms with van der Waals surface area (Å²) >= 11 is 0. The molecular weight excluding hydrogens is 108 g/mol. The van der Waals surface area contributed by atoms with Gasteiger partial charge in [0.25, 0.3) is 5.78 Å². The van der Waals surface area contributed by atoms with Gasteiger partial charge in [0.15, 0.2) is 0 Å². The molecule has 0 aliphatic heterocycles. The Morgan fingerprint density at radius 2 is 1.12 bits per heavy atom. The third kappa shape index (κ3) is 1.64. The van der Waals surface area contributed by atoms with Crippen molar-refractivity contribution in [2.24, 2.45) is 0 Å². The number of Topliss-reactive ketones (excluding diaryl/α,β-unsaturated/α-hetero) is 3. The Morgan fingerprint density at radius 3 is 1.12 bits per heavy atom. The fourth-order valence-corrected chi connectivity index (χ4v) is 0.248. The highest BCUT2D eigenvalue weighted by molar-refractivity contribution is 6.62. The number of rotatable bonds is 2. The van der Waals surface area contributed by atoms with Crippen molar-refractivity contribution in [3.8, 4) is 0 Å². The van der Waals surface area contributed by atoms with E-state index in [1.807, 2.05) is 0 Å².